The van der Waals surface area contributed by atoms with E-state index in [-0.39, 0.29) is 5.82 Å². The van der Waals surface area contributed by atoms with Crippen LogP contribution in [0.15, 0.2) is 24.4 Å². The smallest absolute Gasteiger partial charge is 0.124 e. The van der Waals surface area contributed by atoms with Crippen molar-refractivity contribution >= 4 is 10.9 Å². The van der Waals surface area contributed by atoms with Gasteiger partial charge in [0.15, 0.2) is 0 Å². The van der Waals surface area contributed by atoms with E-state index in [0.29, 0.717) is 6.54 Å². The predicted octanol–water partition coefficient (Wildman–Crippen LogP) is 2.57. The third-order valence-corrected chi connectivity index (χ3v) is 2.76. The van der Waals surface area contributed by atoms with E-state index in [0.717, 1.165) is 34.9 Å². The Morgan fingerprint density at radius 1 is 1.38 bits per heavy atom. The van der Waals surface area contributed by atoms with Crippen molar-refractivity contribution in [2.24, 2.45) is 5.73 Å². The van der Waals surface area contributed by atoms with Crippen molar-refractivity contribution in [3.05, 3.63) is 41.3 Å². The van der Waals surface area contributed by atoms with E-state index in [1.54, 1.807) is 18.3 Å². The number of nitrogens with two attached hydrogens (primary N) is 1. The molecule has 0 amide bonds. The summed E-state index contributed by atoms with van der Waals surface area (Å²) in [5.74, 6) is -0.198. The van der Waals surface area contributed by atoms with Gasteiger partial charge in [-0.2, -0.15) is 0 Å². The molecule has 0 saturated carbocycles. The van der Waals surface area contributed by atoms with Crippen molar-refractivity contribution in [1.82, 2.24) is 4.98 Å². The molecule has 1 aromatic heterocycles. The summed E-state index contributed by atoms with van der Waals surface area (Å²) in [5, 5.41) is 0.898. The minimum atomic E-state index is -0.198. The average molecular weight is 218 g/mol. The van der Waals surface area contributed by atoms with E-state index in [2.05, 4.69) is 4.98 Å². The van der Waals surface area contributed by atoms with Gasteiger partial charge in [-0.05, 0) is 55.6 Å². The molecule has 1 aromatic carbocycles. The van der Waals surface area contributed by atoms with Gasteiger partial charge in [0.05, 0.1) is 5.52 Å². The summed E-state index contributed by atoms with van der Waals surface area (Å²) in [5.41, 5.74) is 8.37. The lowest BCUT2D eigenvalue weighted by Gasteiger charge is -2.07. The number of nitrogens with zero attached hydrogens (tertiary/aromatic N) is 1. The van der Waals surface area contributed by atoms with Crippen molar-refractivity contribution in [2.45, 2.75) is 19.8 Å². The summed E-state index contributed by atoms with van der Waals surface area (Å²) in [7, 11) is 0. The van der Waals surface area contributed by atoms with E-state index < -0.39 is 0 Å². The largest absolute Gasteiger partial charge is 0.330 e. The second-order valence-electron chi connectivity index (χ2n) is 3.98. The fourth-order valence-corrected chi connectivity index (χ4v) is 1.91. The molecule has 0 fully saturated rings. The molecule has 2 aromatic rings. The minimum Gasteiger partial charge on any atom is -0.330 e. The summed E-state index contributed by atoms with van der Waals surface area (Å²) >= 11 is 0. The van der Waals surface area contributed by atoms with Gasteiger partial charge in [0.2, 0.25) is 0 Å². The summed E-state index contributed by atoms with van der Waals surface area (Å²) < 4.78 is 13.4. The van der Waals surface area contributed by atoms with Gasteiger partial charge in [-0.15, -0.1) is 0 Å². The molecule has 0 radical (unpaired) electrons. The maximum absolute atomic E-state index is 13.4. The highest BCUT2D eigenvalue weighted by Crippen LogP contribution is 2.22. The van der Waals surface area contributed by atoms with Gasteiger partial charge in [-0.3, -0.25) is 4.98 Å². The Bertz CT molecular complexity index is 509. The third-order valence-electron chi connectivity index (χ3n) is 2.76. The molecule has 0 spiro atoms. The number of aryl methyl sites for hydroxylation is 2. The van der Waals surface area contributed by atoms with Gasteiger partial charge >= 0.3 is 0 Å². The fourth-order valence-electron chi connectivity index (χ4n) is 1.91. The highest BCUT2D eigenvalue weighted by molar-refractivity contribution is 5.84. The number of halogens is 1. The van der Waals surface area contributed by atoms with Crippen molar-refractivity contribution in [3.8, 4) is 0 Å². The molecule has 84 valence electrons. The van der Waals surface area contributed by atoms with Crippen LogP contribution in [0, 0.1) is 12.7 Å². The van der Waals surface area contributed by atoms with Gasteiger partial charge in [0, 0.05) is 11.6 Å². The van der Waals surface area contributed by atoms with Crippen LogP contribution in [0.1, 0.15) is 17.5 Å². The van der Waals surface area contributed by atoms with Gasteiger partial charge in [0.25, 0.3) is 0 Å². The zero-order valence-corrected chi connectivity index (χ0v) is 9.33. The molecule has 0 aliphatic carbocycles. The van der Waals surface area contributed by atoms with Crippen LogP contribution in [0.4, 0.5) is 4.39 Å². The van der Waals surface area contributed by atoms with Crippen LogP contribution in [0.3, 0.4) is 0 Å². The topological polar surface area (TPSA) is 38.9 Å². The molecule has 2 rings (SSSR count). The highest BCUT2D eigenvalue weighted by Gasteiger charge is 2.06. The first-order valence-electron chi connectivity index (χ1n) is 5.46. The summed E-state index contributed by atoms with van der Waals surface area (Å²) in [6.07, 6.45) is 3.40. The molecule has 0 aliphatic rings. The van der Waals surface area contributed by atoms with E-state index in [1.807, 2.05) is 13.0 Å². The molecule has 0 atom stereocenters. The molecule has 1 heterocycles. The molecule has 2 N–H and O–H groups in total. The quantitative estimate of drug-likeness (QED) is 0.860. The maximum atomic E-state index is 13.4. The SMILES string of the molecule is Cc1ccnc2c(CCCN)cc(F)cc12. The molecule has 0 saturated heterocycles. The van der Waals surface area contributed by atoms with Crippen LogP contribution < -0.4 is 5.73 Å². The molecular weight excluding hydrogens is 203 g/mol. The molecule has 2 nitrogen and oxygen atoms in total. The fraction of sp³-hybridized carbons (Fsp3) is 0.308. The van der Waals surface area contributed by atoms with Crippen LogP contribution in [0.2, 0.25) is 0 Å². The first-order valence-corrected chi connectivity index (χ1v) is 5.46. The molecule has 0 unspecified atom stereocenters. The van der Waals surface area contributed by atoms with Crippen molar-refractivity contribution in [2.75, 3.05) is 6.54 Å². The lowest BCUT2D eigenvalue weighted by atomic mass is 10.0. The average Bonchev–Trinajstić information content (AvgIpc) is 2.27. The van der Waals surface area contributed by atoms with Gasteiger partial charge < -0.3 is 5.73 Å². The Hall–Kier alpha value is -1.48. The standard InChI is InChI=1S/C13H15FN2/c1-9-4-6-16-13-10(3-2-5-15)7-11(14)8-12(9)13/h4,6-8H,2-3,5,15H2,1H3. The molecule has 3 heteroatoms. The second-order valence-corrected chi connectivity index (χ2v) is 3.98. The summed E-state index contributed by atoms with van der Waals surface area (Å²) in [4.78, 5) is 4.33. The zero-order chi connectivity index (χ0) is 11.5. The van der Waals surface area contributed by atoms with Gasteiger partial charge in [-0.25, -0.2) is 4.39 Å². The number of benzene rings is 1. The first kappa shape index (κ1) is 11.0. The van der Waals surface area contributed by atoms with Crippen LogP contribution in [0.5, 0.6) is 0 Å². The van der Waals surface area contributed by atoms with Crippen LogP contribution in [-0.2, 0) is 6.42 Å². The predicted molar refractivity (Wildman–Crippen MR) is 63.8 cm³/mol. The Labute approximate surface area is 94.3 Å². The van der Waals surface area contributed by atoms with Crippen LogP contribution in [-0.4, -0.2) is 11.5 Å². The summed E-state index contributed by atoms with van der Waals surface area (Å²) in [6.45, 7) is 2.58. The minimum absolute atomic E-state index is 0.198. The molecule has 0 bridgehead atoms. The Balaban J connectivity index is 2.59. The Morgan fingerprint density at radius 3 is 2.94 bits per heavy atom. The number of aromatic nitrogens is 1. The Kier molecular flexibility index (Phi) is 3.15. The third kappa shape index (κ3) is 2.04. The molecule has 0 aliphatic heterocycles. The number of fused-ring (bicyclic) bond motifs is 1. The zero-order valence-electron chi connectivity index (χ0n) is 9.33. The highest BCUT2D eigenvalue weighted by atomic mass is 19.1. The normalized spacial score (nSPS) is 10.9. The van der Waals surface area contributed by atoms with Crippen molar-refractivity contribution < 1.29 is 4.39 Å². The van der Waals surface area contributed by atoms with Crippen molar-refractivity contribution in [1.29, 1.82) is 0 Å². The monoisotopic (exact) mass is 218 g/mol. The molecular formula is C13H15FN2. The number of pyridine rings is 1. The number of rotatable bonds is 3. The summed E-state index contributed by atoms with van der Waals surface area (Å²) in [6, 6.07) is 5.00. The first-order chi connectivity index (χ1) is 7.72. The van der Waals surface area contributed by atoms with Crippen LogP contribution >= 0.6 is 0 Å². The van der Waals surface area contributed by atoms with E-state index in [1.165, 1.54) is 0 Å². The maximum Gasteiger partial charge on any atom is 0.124 e. The number of hydrogen-bond acceptors (Lipinski definition) is 2. The lowest BCUT2D eigenvalue weighted by Crippen LogP contribution is -2.01. The lowest BCUT2D eigenvalue weighted by molar-refractivity contribution is 0.626. The van der Waals surface area contributed by atoms with Crippen molar-refractivity contribution in [3.63, 3.8) is 0 Å². The van der Waals surface area contributed by atoms with E-state index >= 15 is 0 Å². The van der Waals surface area contributed by atoms with E-state index in [4.69, 9.17) is 5.73 Å². The van der Waals surface area contributed by atoms with Gasteiger partial charge in [-0.1, -0.05) is 0 Å². The molecule has 16 heavy (non-hydrogen) atoms. The second kappa shape index (κ2) is 4.58. The number of hydrogen-bond donors (Lipinski definition) is 1. The Morgan fingerprint density at radius 2 is 2.19 bits per heavy atom. The van der Waals surface area contributed by atoms with E-state index in [9.17, 15) is 4.39 Å². The van der Waals surface area contributed by atoms with Gasteiger partial charge in [0.1, 0.15) is 5.82 Å². The van der Waals surface area contributed by atoms with Crippen LogP contribution in [0.25, 0.3) is 10.9 Å².